The van der Waals surface area contributed by atoms with Crippen LogP contribution in [0.2, 0.25) is 0 Å². The molecule has 0 saturated heterocycles. The van der Waals surface area contributed by atoms with Crippen molar-refractivity contribution < 1.29 is 9.53 Å². The zero-order chi connectivity index (χ0) is 10.1. The van der Waals surface area contributed by atoms with Crippen LogP contribution in [0.3, 0.4) is 0 Å². The highest BCUT2D eigenvalue weighted by Gasteiger charge is 2.09. The van der Waals surface area contributed by atoms with Crippen molar-refractivity contribution in [2.75, 3.05) is 6.54 Å². The van der Waals surface area contributed by atoms with Crippen LogP contribution in [0.15, 0.2) is 0 Å². The van der Waals surface area contributed by atoms with E-state index in [9.17, 15) is 4.79 Å². The van der Waals surface area contributed by atoms with Crippen LogP contribution in [0.1, 0.15) is 39.0 Å². The number of hydrogen-bond donors (Lipinski definition) is 1. The van der Waals surface area contributed by atoms with Crippen molar-refractivity contribution in [2.24, 2.45) is 5.73 Å². The average molecular weight is 208 g/mol. The molecule has 3 nitrogen and oxygen atoms in total. The molecule has 78 valence electrons. The number of unbranched alkanes of at least 4 members (excludes halogenated alkanes) is 1. The first-order valence-corrected chi connectivity index (χ1v) is 5.18. The molecule has 0 spiro atoms. The molecule has 0 radical (unpaired) electrons. The number of hydrogen-bond acceptors (Lipinski definition) is 3. The number of carbonyl (C=O) groups is 1. The lowest BCUT2D eigenvalue weighted by Crippen LogP contribution is -2.13. The summed E-state index contributed by atoms with van der Waals surface area (Å²) in [4.78, 5) is 11.0. The summed E-state index contributed by atoms with van der Waals surface area (Å²) in [7, 11) is 0. The lowest BCUT2D eigenvalue weighted by Gasteiger charge is -2.09. The molecule has 1 atom stereocenters. The topological polar surface area (TPSA) is 52.3 Å². The van der Waals surface area contributed by atoms with Crippen LogP contribution in [0, 0.1) is 0 Å². The number of carbonyl (C=O) groups excluding carboxylic acids is 1. The van der Waals surface area contributed by atoms with Gasteiger partial charge in [0.05, 0.1) is 0 Å². The minimum absolute atomic E-state index is 0.249. The van der Waals surface area contributed by atoms with E-state index in [1.807, 2.05) is 0 Å². The van der Waals surface area contributed by atoms with E-state index in [-0.39, 0.29) is 5.97 Å². The first kappa shape index (κ1) is 12.7. The van der Waals surface area contributed by atoms with Crippen LogP contribution in [-0.4, -0.2) is 18.1 Å². The van der Waals surface area contributed by atoms with Crippen molar-refractivity contribution in [1.29, 1.82) is 0 Å². The number of ether oxygens (including phenoxy) is 1. The standard InChI is InChI=1S/C9H18ClNO2/c1-2-3-5-8(10)13-9(12)6-4-7-11/h8H,2-7,11H2,1H3. The molecule has 0 fully saturated rings. The normalized spacial score (nSPS) is 12.5. The van der Waals surface area contributed by atoms with Crippen molar-refractivity contribution in [3.63, 3.8) is 0 Å². The fraction of sp³-hybridized carbons (Fsp3) is 0.889. The minimum Gasteiger partial charge on any atom is -0.446 e. The molecule has 0 heterocycles. The summed E-state index contributed by atoms with van der Waals surface area (Å²) in [6.07, 6.45) is 3.80. The van der Waals surface area contributed by atoms with Crippen molar-refractivity contribution in [3.05, 3.63) is 0 Å². The van der Waals surface area contributed by atoms with Gasteiger partial charge < -0.3 is 10.5 Å². The highest BCUT2D eigenvalue weighted by atomic mass is 35.5. The molecular formula is C9H18ClNO2. The molecule has 0 rings (SSSR count). The number of halogens is 1. The molecule has 0 aliphatic carbocycles. The molecule has 0 bridgehead atoms. The van der Waals surface area contributed by atoms with Gasteiger partial charge in [-0.3, -0.25) is 4.79 Å². The fourth-order valence-corrected chi connectivity index (χ4v) is 1.13. The Hall–Kier alpha value is -0.280. The predicted molar refractivity (Wildman–Crippen MR) is 53.5 cm³/mol. The number of rotatable bonds is 7. The highest BCUT2D eigenvalue weighted by Crippen LogP contribution is 2.10. The Kier molecular flexibility index (Phi) is 8.14. The largest absolute Gasteiger partial charge is 0.446 e. The molecule has 4 heteroatoms. The summed E-state index contributed by atoms with van der Waals surface area (Å²) in [6.45, 7) is 2.58. The Labute approximate surface area is 84.6 Å². The summed E-state index contributed by atoms with van der Waals surface area (Å²) in [5.41, 5.74) is 4.78. The van der Waals surface area contributed by atoms with Crippen LogP contribution < -0.4 is 5.73 Å². The van der Waals surface area contributed by atoms with E-state index in [1.54, 1.807) is 0 Å². The van der Waals surface area contributed by atoms with Gasteiger partial charge >= 0.3 is 5.97 Å². The quantitative estimate of drug-likeness (QED) is 0.514. The molecule has 0 aliphatic heterocycles. The van der Waals surface area contributed by atoms with Crippen LogP contribution >= 0.6 is 11.6 Å². The molecule has 0 aromatic rings. The van der Waals surface area contributed by atoms with Crippen molar-refractivity contribution in [2.45, 2.75) is 44.6 Å². The van der Waals surface area contributed by atoms with Crippen molar-refractivity contribution in [1.82, 2.24) is 0 Å². The SMILES string of the molecule is CCCCC(Cl)OC(=O)CCCN. The van der Waals surface area contributed by atoms with E-state index in [1.165, 1.54) is 0 Å². The zero-order valence-electron chi connectivity index (χ0n) is 8.09. The molecule has 0 aromatic heterocycles. The summed E-state index contributed by atoms with van der Waals surface area (Å²) >= 11 is 5.76. The van der Waals surface area contributed by atoms with E-state index in [2.05, 4.69) is 6.92 Å². The van der Waals surface area contributed by atoms with Gasteiger partial charge in [-0.05, 0) is 25.8 Å². The monoisotopic (exact) mass is 207 g/mol. The summed E-state index contributed by atoms with van der Waals surface area (Å²) in [6, 6.07) is 0. The van der Waals surface area contributed by atoms with Crippen LogP contribution in [0.4, 0.5) is 0 Å². The maximum atomic E-state index is 11.0. The van der Waals surface area contributed by atoms with Crippen molar-refractivity contribution in [3.8, 4) is 0 Å². The second-order valence-electron chi connectivity index (χ2n) is 2.93. The Morgan fingerprint density at radius 2 is 2.23 bits per heavy atom. The third kappa shape index (κ3) is 8.06. The maximum absolute atomic E-state index is 11.0. The van der Waals surface area contributed by atoms with E-state index in [0.717, 1.165) is 19.3 Å². The molecule has 0 aromatic carbocycles. The van der Waals surface area contributed by atoms with Gasteiger partial charge in [0.2, 0.25) is 0 Å². The van der Waals surface area contributed by atoms with Crippen LogP contribution in [0.5, 0.6) is 0 Å². The summed E-state index contributed by atoms with van der Waals surface area (Å²) < 4.78 is 4.93. The number of esters is 1. The summed E-state index contributed by atoms with van der Waals surface area (Å²) in [5.74, 6) is -0.249. The molecule has 13 heavy (non-hydrogen) atoms. The van der Waals surface area contributed by atoms with Gasteiger partial charge in [0, 0.05) is 6.42 Å². The number of alkyl halides is 1. The number of nitrogens with two attached hydrogens (primary N) is 1. The van der Waals surface area contributed by atoms with E-state index < -0.39 is 5.56 Å². The predicted octanol–water partition coefficient (Wildman–Crippen LogP) is 2.02. The first-order chi connectivity index (χ1) is 6.20. The minimum atomic E-state index is -0.467. The third-order valence-corrected chi connectivity index (χ3v) is 1.94. The van der Waals surface area contributed by atoms with Crippen LogP contribution in [-0.2, 0) is 9.53 Å². The van der Waals surface area contributed by atoms with E-state index >= 15 is 0 Å². The van der Waals surface area contributed by atoms with E-state index in [4.69, 9.17) is 22.1 Å². The van der Waals surface area contributed by atoms with Gasteiger partial charge in [0.25, 0.3) is 0 Å². The Balaban J connectivity index is 3.41. The van der Waals surface area contributed by atoms with Crippen LogP contribution in [0.25, 0.3) is 0 Å². The molecule has 0 aliphatic rings. The lowest BCUT2D eigenvalue weighted by molar-refractivity contribution is -0.145. The van der Waals surface area contributed by atoms with Gasteiger partial charge in [-0.25, -0.2) is 0 Å². The third-order valence-electron chi connectivity index (χ3n) is 1.63. The Morgan fingerprint density at radius 3 is 2.77 bits per heavy atom. The van der Waals surface area contributed by atoms with Gasteiger partial charge in [0.15, 0.2) is 5.56 Å². The molecule has 0 saturated carbocycles. The van der Waals surface area contributed by atoms with Gasteiger partial charge in [-0.15, -0.1) is 0 Å². The molecule has 1 unspecified atom stereocenters. The first-order valence-electron chi connectivity index (χ1n) is 4.74. The average Bonchev–Trinajstić information content (AvgIpc) is 2.11. The Bertz CT molecular complexity index is 142. The second kappa shape index (κ2) is 8.32. The second-order valence-corrected chi connectivity index (χ2v) is 3.42. The Morgan fingerprint density at radius 1 is 1.54 bits per heavy atom. The zero-order valence-corrected chi connectivity index (χ0v) is 8.85. The highest BCUT2D eigenvalue weighted by molar-refractivity contribution is 6.20. The summed E-state index contributed by atoms with van der Waals surface area (Å²) in [5, 5.41) is 0. The smallest absolute Gasteiger partial charge is 0.307 e. The molecule has 0 amide bonds. The lowest BCUT2D eigenvalue weighted by atomic mass is 10.2. The van der Waals surface area contributed by atoms with Gasteiger partial charge in [-0.2, -0.15) is 0 Å². The van der Waals surface area contributed by atoms with Crippen molar-refractivity contribution >= 4 is 17.6 Å². The van der Waals surface area contributed by atoms with E-state index in [0.29, 0.717) is 19.4 Å². The van der Waals surface area contributed by atoms with Gasteiger partial charge in [-0.1, -0.05) is 24.9 Å². The fourth-order valence-electron chi connectivity index (χ4n) is 0.871. The maximum Gasteiger partial charge on any atom is 0.307 e. The molecular weight excluding hydrogens is 190 g/mol. The molecule has 2 N–H and O–H groups in total. The van der Waals surface area contributed by atoms with Gasteiger partial charge in [0.1, 0.15) is 0 Å².